The molecule has 23 heavy (non-hydrogen) atoms. The van der Waals surface area contributed by atoms with Gasteiger partial charge in [0.05, 0.1) is 12.2 Å². The topological polar surface area (TPSA) is 93.5 Å². The monoisotopic (exact) mass is 325 g/mol. The number of carbonyl (C=O) groups excluding carboxylic acids is 1. The number of aliphatic carboxylic acids is 1. The van der Waals surface area contributed by atoms with Crippen molar-refractivity contribution in [2.75, 3.05) is 0 Å². The smallest absolute Gasteiger partial charge is 0.408 e. The first-order valence-electron chi connectivity index (χ1n) is 7.67. The van der Waals surface area contributed by atoms with Crippen molar-refractivity contribution in [1.82, 2.24) is 15.1 Å². The third-order valence-electron chi connectivity index (χ3n) is 3.60. The molecule has 7 nitrogen and oxygen atoms in total. The maximum Gasteiger partial charge on any atom is 0.408 e. The van der Waals surface area contributed by atoms with Crippen LogP contribution in [0, 0.1) is 13.8 Å². The zero-order valence-corrected chi connectivity index (χ0v) is 15.0. The number of amides is 1. The molecule has 1 aromatic rings. The Kier molecular flexibility index (Phi) is 5.45. The number of alkyl carbamates (subject to hydrolysis) is 1. The van der Waals surface area contributed by atoms with E-state index in [4.69, 9.17) is 4.74 Å². The number of hydrogen-bond acceptors (Lipinski definition) is 4. The van der Waals surface area contributed by atoms with Crippen molar-refractivity contribution < 1.29 is 19.4 Å². The molecule has 1 amide bonds. The lowest BCUT2D eigenvalue weighted by Crippen LogP contribution is -2.56. The van der Waals surface area contributed by atoms with Crippen LogP contribution in [0.15, 0.2) is 0 Å². The Hall–Kier alpha value is -2.05. The molecule has 130 valence electrons. The second-order valence-corrected chi connectivity index (χ2v) is 6.92. The average molecular weight is 325 g/mol. The fourth-order valence-electron chi connectivity index (χ4n) is 2.39. The van der Waals surface area contributed by atoms with Crippen LogP contribution in [-0.4, -0.2) is 38.1 Å². The second-order valence-electron chi connectivity index (χ2n) is 6.92. The molecule has 0 radical (unpaired) electrons. The molecular formula is C16H27N3O4. The van der Waals surface area contributed by atoms with Gasteiger partial charge >= 0.3 is 12.1 Å². The normalized spacial score (nSPS) is 14.2. The Labute approximate surface area is 137 Å². The van der Waals surface area contributed by atoms with E-state index >= 15 is 0 Å². The SMILES string of the molecule is CCc1c(C)nn(CC(C)(NC(=O)OC(C)(C)C)C(=O)O)c1C. The standard InChI is InChI=1S/C16H27N3O4/c1-8-12-10(2)18-19(11(12)3)9-16(7,13(20)21)17-14(22)23-15(4,5)6/h8-9H2,1-7H3,(H,17,22)(H,20,21). The molecule has 0 fully saturated rings. The molecule has 2 N–H and O–H groups in total. The minimum Gasteiger partial charge on any atom is -0.479 e. The predicted molar refractivity (Wildman–Crippen MR) is 86.5 cm³/mol. The molecule has 1 heterocycles. The van der Waals surface area contributed by atoms with Crippen LogP contribution in [-0.2, 0) is 22.5 Å². The molecule has 7 heteroatoms. The van der Waals surface area contributed by atoms with Crippen LogP contribution in [0.2, 0.25) is 0 Å². The number of rotatable bonds is 5. The minimum atomic E-state index is -1.52. The molecule has 0 saturated carbocycles. The van der Waals surface area contributed by atoms with Gasteiger partial charge in [0.25, 0.3) is 0 Å². The number of ether oxygens (including phenoxy) is 1. The third-order valence-corrected chi connectivity index (χ3v) is 3.60. The van der Waals surface area contributed by atoms with E-state index in [-0.39, 0.29) is 6.54 Å². The summed E-state index contributed by atoms with van der Waals surface area (Å²) in [5.74, 6) is -1.14. The maximum atomic E-state index is 12.0. The third kappa shape index (κ3) is 4.71. The molecule has 0 spiro atoms. The van der Waals surface area contributed by atoms with Crippen molar-refractivity contribution in [3.63, 3.8) is 0 Å². The van der Waals surface area contributed by atoms with Gasteiger partial charge in [-0.05, 0) is 53.5 Å². The summed E-state index contributed by atoms with van der Waals surface area (Å²) in [4.78, 5) is 23.6. The van der Waals surface area contributed by atoms with Gasteiger partial charge in [0.1, 0.15) is 5.60 Å². The van der Waals surface area contributed by atoms with E-state index in [1.165, 1.54) is 6.92 Å². The zero-order valence-electron chi connectivity index (χ0n) is 15.0. The molecule has 0 aliphatic heterocycles. The molecule has 1 atom stereocenters. The van der Waals surface area contributed by atoms with E-state index in [0.29, 0.717) is 0 Å². The van der Waals surface area contributed by atoms with Crippen molar-refractivity contribution in [3.8, 4) is 0 Å². The lowest BCUT2D eigenvalue weighted by Gasteiger charge is -2.28. The largest absolute Gasteiger partial charge is 0.479 e. The molecule has 0 aliphatic rings. The maximum absolute atomic E-state index is 12.0. The molecule has 0 aromatic carbocycles. The van der Waals surface area contributed by atoms with Gasteiger partial charge in [-0.25, -0.2) is 9.59 Å². The summed E-state index contributed by atoms with van der Waals surface area (Å²) in [7, 11) is 0. The predicted octanol–water partition coefficient (Wildman–Crippen LogP) is 2.43. The number of aromatic nitrogens is 2. The Morgan fingerprint density at radius 2 is 1.83 bits per heavy atom. The number of nitrogens with one attached hydrogen (secondary N) is 1. The molecule has 1 unspecified atom stereocenters. The van der Waals surface area contributed by atoms with E-state index in [2.05, 4.69) is 10.4 Å². The van der Waals surface area contributed by atoms with E-state index in [1.807, 2.05) is 20.8 Å². The summed E-state index contributed by atoms with van der Waals surface area (Å²) in [6.07, 6.45) is 0.0562. The molecule has 0 aliphatic carbocycles. The Morgan fingerprint density at radius 3 is 2.22 bits per heavy atom. The van der Waals surface area contributed by atoms with Crippen LogP contribution in [0.4, 0.5) is 4.79 Å². The second kappa shape index (κ2) is 6.60. The Bertz CT molecular complexity index is 601. The number of carboxylic acids is 1. The Balaban J connectivity index is 3.03. The van der Waals surface area contributed by atoms with Crippen LogP contribution in [0.25, 0.3) is 0 Å². The molecular weight excluding hydrogens is 298 g/mol. The van der Waals surface area contributed by atoms with Crippen molar-refractivity contribution in [3.05, 3.63) is 17.0 Å². The zero-order chi connectivity index (χ0) is 18.0. The van der Waals surface area contributed by atoms with Gasteiger partial charge in [-0.15, -0.1) is 0 Å². The summed E-state index contributed by atoms with van der Waals surface area (Å²) in [6.45, 7) is 12.4. The van der Waals surface area contributed by atoms with Crippen LogP contribution >= 0.6 is 0 Å². The minimum absolute atomic E-state index is 0.0221. The summed E-state index contributed by atoms with van der Waals surface area (Å²) in [5.41, 5.74) is 0.654. The average Bonchev–Trinajstić information content (AvgIpc) is 2.60. The van der Waals surface area contributed by atoms with Gasteiger partial charge in [0.2, 0.25) is 0 Å². The number of nitrogens with zero attached hydrogens (tertiary/aromatic N) is 2. The van der Waals surface area contributed by atoms with E-state index in [1.54, 1.807) is 25.5 Å². The summed E-state index contributed by atoms with van der Waals surface area (Å²) >= 11 is 0. The lowest BCUT2D eigenvalue weighted by atomic mass is 10.0. The highest BCUT2D eigenvalue weighted by molar-refractivity contribution is 5.83. The van der Waals surface area contributed by atoms with E-state index < -0.39 is 23.2 Å². The van der Waals surface area contributed by atoms with Crippen LogP contribution < -0.4 is 5.32 Å². The highest BCUT2D eigenvalue weighted by Crippen LogP contribution is 2.18. The summed E-state index contributed by atoms with van der Waals surface area (Å²) in [6, 6.07) is 0. The molecule has 0 saturated heterocycles. The first-order valence-corrected chi connectivity index (χ1v) is 7.67. The van der Waals surface area contributed by atoms with Gasteiger partial charge in [-0.2, -0.15) is 5.10 Å². The van der Waals surface area contributed by atoms with Gasteiger partial charge < -0.3 is 15.2 Å². The fourth-order valence-corrected chi connectivity index (χ4v) is 2.39. The number of carboxylic acid groups (broad SMARTS) is 1. The van der Waals surface area contributed by atoms with E-state index in [9.17, 15) is 14.7 Å². The summed E-state index contributed by atoms with van der Waals surface area (Å²) < 4.78 is 6.78. The van der Waals surface area contributed by atoms with Crippen LogP contribution in [0.5, 0.6) is 0 Å². The van der Waals surface area contributed by atoms with Gasteiger partial charge in [-0.1, -0.05) is 6.92 Å². The number of carbonyl (C=O) groups is 2. The van der Waals surface area contributed by atoms with Crippen molar-refractivity contribution in [1.29, 1.82) is 0 Å². The highest BCUT2D eigenvalue weighted by Gasteiger charge is 2.38. The first-order chi connectivity index (χ1) is 10.4. The Morgan fingerprint density at radius 1 is 1.26 bits per heavy atom. The molecule has 1 rings (SSSR count). The first kappa shape index (κ1) is 19.0. The van der Waals surface area contributed by atoms with E-state index in [0.717, 1.165) is 23.4 Å². The molecule has 0 bridgehead atoms. The molecule has 1 aromatic heterocycles. The van der Waals surface area contributed by atoms with Gasteiger partial charge in [0, 0.05) is 5.69 Å². The fraction of sp³-hybridized carbons (Fsp3) is 0.688. The lowest BCUT2D eigenvalue weighted by molar-refractivity contribution is -0.144. The quantitative estimate of drug-likeness (QED) is 0.867. The number of hydrogen-bond donors (Lipinski definition) is 2. The van der Waals surface area contributed by atoms with Crippen molar-refractivity contribution >= 4 is 12.1 Å². The number of aryl methyl sites for hydroxylation is 1. The van der Waals surface area contributed by atoms with Gasteiger partial charge in [0.15, 0.2) is 5.54 Å². The summed E-state index contributed by atoms with van der Waals surface area (Å²) in [5, 5.41) is 16.4. The van der Waals surface area contributed by atoms with Gasteiger partial charge in [-0.3, -0.25) is 4.68 Å². The highest BCUT2D eigenvalue weighted by atomic mass is 16.6. The van der Waals surface area contributed by atoms with Crippen LogP contribution in [0.1, 0.15) is 51.6 Å². The van der Waals surface area contributed by atoms with Crippen molar-refractivity contribution in [2.45, 2.75) is 72.6 Å². The van der Waals surface area contributed by atoms with Crippen LogP contribution in [0.3, 0.4) is 0 Å². The van der Waals surface area contributed by atoms with Crippen molar-refractivity contribution in [2.24, 2.45) is 0 Å².